The lowest BCUT2D eigenvalue weighted by atomic mass is 10.1. The number of hydrogen-bond acceptors (Lipinski definition) is 5. The summed E-state index contributed by atoms with van der Waals surface area (Å²) in [6.07, 6.45) is 0. The van der Waals surface area contributed by atoms with Gasteiger partial charge in [0.2, 0.25) is 5.95 Å². The van der Waals surface area contributed by atoms with Crippen LogP contribution < -0.4 is 21.9 Å². The minimum atomic E-state index is -0.436. The molecule has 0 aliphatic rings. The van der Waals surface area contributed by atoms with Gasteiger partial charge in [-0.3, -0.25) is 23.3 Å². The maximum absolute atomic E-state index is 12.9. The van der Waals surface area contributed by atoms with Gasteiger partial charge in [-0.05, 0) is 24.1 Å². The molecule has 0 spiro atoms. The summed E-state index contributed by atoms with van der Waals surface area (Å²) < 4.78 is 4.22. The van der Waals surface area contributed by atoms with Gasteiger partial charge in [0.25, 0.3) is 11.5 Å². The molecule has 33 heavy (non-hydrogen) atoms. The van der Waals surface area contributed by atoms with Gasteiger partial charge in [-0.2, -0.15) is 4.98 Å². The maximum Gasteiger partial charge on any atom is 0.332 e. The smallest absolute Gasteiger partial charge is 0.332 e. The summed E-state index contributed by atoms with van der Waals surface area (Å²) >= 11 is 0. The Hall–Kier alpha value is -4.14. The molecule has 0 bridgehead atoms. The molecule has 2 N–H and O–H groups in total. The number of amides is 1. The molecule has 0 unspecified atom stereocenters. The number of rotatable bonds is 7. The van der Waals surface area contributed by atoms with Crippen LogP contribution >= 0.6 is 0 Å². The summed E-state index contributed by atoms with van der Waals surface area (Å²) in [5.41, 5.74) is 2.34. The van der Waals surface area contributed by atoms with Gasteiger partial charge in [0.1, 0.15) is 0 Å². The first-order valence-corrected chi connectivity index (χ1v) is 10.7. The van der Waals surface area contributed by atoms with Crippen LogP contribution in [0.2, 0.25) is 0 Å². The number of carbonyl (C=O) groups is 1. The lowest BCUT2D eigenvalue weighted by Crippen LogP contribution is -2.37. The highest BCUT2D eigenvalue weighted by molar-refractivity contribution is 5.95. The highest BCUT2D eigenvalue weighted by atomic mass is 16.2. The molecule has 4 rings (SSSR count). The van der Waals surface area contributed by atoms with Crippen LogP contribution in [0.3, 0.4) is 0 Å². The van der Waals surface area contributed by atoms with Crippen molar-refractivity contribution < 1.29 is 4.79 Å². The van der Waals surface area contributed by atoms with E-state index in [9.17, 15) is 14.4 Å². The Morgan fingerprint density at radius 2 is 1.64 bits per heavy atom. The number of nitrogens with one attached hydrogen (secondary N) is 2. The van der Waals surface area contributed by atoms with Gasteiger partial charge >= 0.3 is 5.69 Å². The summed E-state index contributed by atoms with van der Waals surface area (Å²) in [5.74, 6) is 0.307. The zero-order valence-electron chi connectivity index (χ0n) is 18.8. The van der Waals surface area contributed by atoms with Gasteiger partial charge in [0.15, 0.2) is 11.2 Å². The van der Waals surface area contributed by atoms with Crippen LogP contribution in [0.5, 0.6) is 0 Å². The third kappa shape index (κ3) is 4.30. The average molecular weight is 447 g/mol. The minimum Gasteiger partial charge on any atom is -0.354 e. The number of hydrogen-bond donors (Lipinski definition) is 2. The molecule has 1 amide bonds. The Bertz CT molecular complexity index is 1430. The third-order valence-corrected chi connectivity index (χ3v) is 5.61. The second-order valence-corrected chi connectivity index (χ2v) is 7.88. The molecule has 2 heterocycles. The van der Waals surface area contributed by atoms with Crippen molar-refractivity contribution in [1.29, 1.82) is 0 Å². The van der Waals surface area contributed by atoms with E-state index >= 15 is 0 Å². The van der Waals surface area contributed by atoms with Crippen molar-refractivity contribution in [3.8, 4) is 0 Å². The van der Waals surface area contributed by atoms with Crippen molar-refractivity contribution in [2.45, 2.75) is 13.5 Å². The van der Waals surface area contributed by atoms with Crippen molar-refractivity contribution in [2.24, 2.45) is 14.1 Å². The van der Waals surface area contributed by atoms with E-state index in [1.165, 1.54) is 11.6 Å². The molecule has 2 aromatic heterocycles. The summed E-state index contributed by atoms with van der Waals surface area (Å²) in [6, 6.07) is 17.1. The SMILES string of the molecule is Cc1ccccc1C(=O)NCCNc1nc2c(c(=O)n(C)c(=O)n2C)n1Cc1ccccc1. The number of imidazole rings is 1. The quantitative estimate of drug-likeness (QED) is 0.420. The molecule has 0 atom stereocenters. The van der Waals surface area contributed by atoms with Crippen LogP contribution in [-0.2, 0) is 20.6 Å². The van der Waals surface area contributed by atoms with E-state index in [4.69, 9.17) is 0 Å². The average Bonchev–Trinajstić information content (AvgIpc) is 3.18. The van der Waals surface area contributed by atoms with E-state index in [1.54, 1.807) is 17.7 Å². The largest absolute Gasteiger partial charge is 0.354 e. The number of nitrogens with zero attached hydrogens (tertiary/aromatic N) is 4. The van der Waals surface area contributed by atoms with Gasteiger partial charge in [0, 0.05) is 32.7 Å². The van der Waals surface area contributed by atoms with E-state index in [0.717, 1.165) is 15.7 Å². The number of anilines is 1. The van der Waals surface area contributed by atoms with Gasteiger partial charge < -0.3 is 10.6 Å². The van der Waals surface area contributed by atoms with Gasteiger partial charge in [0.05, 0.1) is 6.54 Å². The van der Waals surface area contributed by atoms with Crippen molar-refractivity contribution in [3.63, 3.8) is 0 Å². The molecule has 0 fully saturated rings. The summed E-state index contributed by atoms with van der Waals surface area (Å²) in [5, 5.41) is 6.11. The molecule has 9 nitrogen and oxygen atoms in total. The van der Waals surface area contributed by atoms with E-state index in [-0.39, 0.29) is 5.91 Å². The van der Waals surface area contributed by atoms with E-state index in [1.807, 2.05) is 55.5 Å². The van der Waals surface area contributed by atoms with Gasteiger partial charge in [-0.1, -0.05) is 48.5 Å². The maximum atomic E-state index is 12.9. The second kappa shape index (κ2) is 9.15. The molecular weight excluding hydrogens is 420 g/mol. The van der Waals surface area contributed by atoms with Crippen molar-refractivity contribution >= 4 is 23.0 Å². The molecule has 9 heteroatoms. The lowest BCUT2D eigenvalue weighted by molar-refractivity contribution is 0.0954. The molecule has 2 aromatic carbocycles. The lowest BCUT2D eigenvalue weighted by Gasteiger charge is -2.12. The van der Waals surface area contributed by atoms with Crippen LogP contribution in [-0.4, -0.2) is 37.7 Å². The molecular formula is C24H26N6O3. The summed E-state index contributed by atoms with van der Waals surface area (Å²) in [4.78, 5) is 42.3. The first-order valence-electron chi connectivity index (χ1n) is 10.7. The Kier molecular flexibility index (Phi) is 6.12. The normalized spacial score (nSPS) is 11.0. The topological polar surface area (TPSA) is 103 Å². The monoisotopic (exact) mass is 446 g/mol. The first-order chi connectivity index (χ1) is 15.9. The first kappa shape index (κ1) is 22.1. The fourth-order valence-electron chi connectivity index (χ4n) is 3.77. The number of aryl methyl sites for hydroxylation is 2. The van der Waals surface area contributed by atoms with E-state index < -0.39 is 11.2 Å². The standard InChI is InChI=1S/C24H26N6O3/c1-16-9-7-8-12-18(16)21(31)25-13-14-26-23-27-20-19(22(32)29(3)24(33)28(20)2)30(23)15-17-10-5-4-6-11-17/h4-12H,13-15H2,1-3H3,(H,25,31)(H,26,27). The molecule has 0 radical (unpaired) electrons. The number of carbonyl (C=O) groups excluding carboxylic acids is 1. The molecule has 170 valence electrons. The zero-order chi connectivity index (χ0) is 23.5. The predicted octanol–water partition coefficient (Wildman–Crippen LogP) is 1.63. The van der Waals surface area contributed by atoms with Crippen LogP contribution in [0.15, 0.2) is 64.2 Å². The molecule has 0 aliphatic carbocycles. The molecule has 0 aliphatic heterocycles. The Labute approximate surface area is 190 Å². The highest BCUT2D eigenvalue weighted by Gasteiger charge is 2.19. The van der Waals surface area contributed by atoms with Crippen molar-refractivity contribution in [2.75, 3.05) is 18.4 Å². The zero-order valence-corrected chi connectivity index (χ0v) is 18.8. The van der Waals surface area contributed by atoms with Crippen molar-refractivity contribution in [1.82, 2.24) is 24.0 Å². The fourth-order valence-corrected chi connectivity index (χ4v) is 3.77. The van der Waals surface area contributed by atoms with Gasteiger partial charge in [-0.25, -0.2) is 4.79 Å². The number of aromatic nitrogens is 4. The molecule has 4 aromatic rings. The molecule has 0 saturated heterocycles. The minimum absolute atomic E-state index is 0.149. The van der Waals surface area contributed by atoms with Crippen molar-refractivity contribution in [3.05, 3.63) is 92.1 Å². The highest BCUT2D eigenvalue weighted by Crippen LogP contribution is 2.17. The number of fused-ring (bicyclic) bond motifs is 1. The fraction of sp³-hybridized carbons (Fsp3) is 0.250. The molecule has 0 saturated carbocycles. The van der Waals surface area contributed by atoms with Crippen LogP contribution in [0.25, 0.3) is 11.2 Å². The Morgan fingerprint density at radius 3 is 2.36 bits per heavy atom. The summed E-state index contributed by atoms with van der Waals surface area (Å²) in [7, 11) is 3.05. The van der Waals surface area contributed by atoms with Crippen LogP contribution in [0.4, 0.5) is 5.95 Å². The van der Waals surface area contributed by atoms with E-state index in [0.29, 0.717) is 42.3 Å². The number of benzene rings is 2. The third-order valence-electron chi connectivity index (χ3n) is 5.61. The van der Waals surface area contributed by atoms with Gasteiger partial charge in [-0.15, -0.1) is 0 Å². The Morgan fingerprint density at radius 1 is 0.939 bits per heavy atom. The second-order valence-electron chi connectivity index (χ2n) is 7.88. The van der Waals surface area contributed by atoms with Crippen LogP contribution in [0, 0.1) is 6.92 Å². The van der Waals surface area contributed by atoms with E-state index in [2.05, 4.69) is 15.6 Å². The van der Waals surface area contributed by atoms with Crippen LogP contribution in [0.1, 0.15) is 21.5 Å². The Balaban J connectivity index is 1.60. The predicted molar refractivity (Wildman–Crippen MR) is 128 cm³/mol. The summed E-state index contributed by atoms with van der Waals surface area (Å²) in [6.45, 7) is 3.05.